The van der Waals surface area contributed by atoms with Crippen molar-refractivity contribution in [3.05, 3.63) is 95.0 Å². The molecule has 0 aliphatic heterocycles. The lowest BCUT2D eigenvalue weighted by Crippen LogP contribution is -2.29. The second kappa shape index (κ2) is 10.2. The van der Waals surface area contributed by atoms with Gasteiger partial charge in [-0.2, -0.15) is 18.3 Å². The van der Waals surface area contributed by atoms with Gasteiger partial charge in [0.1, 0.15) is 0 Å². The number of para-hydroxylation sites is 1. The number of benzene rings is 3. The van der Waals surface area contributed by atoms with Gasteiger partial charge in [-0.3, -0.25) is 9.59 Å². The maximum absolute atomic E-state index is 13.1. The standard InChI is InChI=1S/C26H18ClF3N4O2/c1-15(17-9-5-10-18(13-17)31-25(36)26(28,29)30)33-34-24(35)20-14-22(16-7-3-2-4-8-16)32-23-19(20)11-6-12-21(23)27/h2-14H,1H3,(H,31,36)(H,34,35). The zero-order chi connectivity index (χ0) is 25.9. The first-order chi connectivity index (χ1) is 17.1. The molecule has 1 heterocycles. The summed E-state index contributed by atoms with van der Waals surface area (Å²) in [6.07, 6.45) is -5.01. The fourth-order valence-corrected chi connectivity index (χ4v) is 3.66. The Morgan fingerprint density at radius 2 is 1.67 bits per heavy atom. The number of anilines is 1. The Hall–Kier alpha value is -4.24. The minimum Gasteiger partial charge on any atom is -0.318 e. The van der Waals surface area contributed by atoms with Gasteiger partial charge in [0.15, 0.2) is 0 Å². The summed E-state index contributed by atoms with van der Waals surface area (Å²) in [5, 5.41) is 6.81. The number of carbonyl (C=O) groups excluding carboxylic acids is 2. The predicted molar refractivity (Wildman–Crippen MR) is 133 cm³/mol. The maximum atomic E-state index is 13.1. The number of hydrogen-bond donors (Lipinski definition) is 2. The van der Waals surface area contributed by atoms with E-state index in [1.807, 2.05) is 30.3 Å². The number of rotatable bonds is 5. The highest BCUT2D eigenvalue weighted by Crippen LogP contribution is 2.29. The van der Waals surface area contributed by atoms with Crippen molar-refractivity contribution < 1.29 is 22.8 Å². The molecule has 0 radical (unpaired) electrons. The van der Waals surface area contributed by atoms with E-state index >= 15 is 0 Å². The third kappa shape index (κ3) is 5.52. The van der Waals surface area contributed by atoms with E-state index in [0.717, 1.165) is 5.56 Å². The number of pyridine rings is 1. The summed E-state index contributed by atoms with van der Waals surface area (Å²) in [5.41, 5.74) is 5.24. The highest BCUT2D eigenvalue weighted by Gasteiger charge is 2.38. The number of nitrogens with zero attached hydrogens (tertiary/aromatic N) is 2. The van der Waals surface area contributed by atoms with Crippen LogP contribution in [0.1, 0.15) is 22.8 Å². The van der Waals surface area contributed by atoms with Gasteiger partial charge in [0.2, 0.25) is 0 Å². The van der Waals surface area contributed by atoms with Crippen molar-refractivity contribution in [2.24, 2.45) is 5.10 Å². The molecule has 10 heteroatoms. The molecule has 0 atom stereocenters. The van der Waals surface area contributed by atoms with Gasteiger partial charge in [0, 0.05) is 16.6 Å². The van der Waals surface area contributed by atoms with Crippen LogP contribution in [0, 0.1) is 0 Å². The second-order valence-electron chi connectivity index (χ2n) is 7.73. The largest absolute Gasteiger partial charge is 0.471 e. The molecule has 0 spiro atoms. The second-order valence-corrected chi connectivity index (χ2v) is 8.14. The molecule has 4 rings (SSSR count). The maximum Gasteiger partial charge on any atom is 0.471 e. The number of nitrogens with one attached hydrogen (secondary N) is 2. The molecule has 4 aromatic rings. The van der Waals surface area contributed by atoms with E-state index in [-0.39, 0.29) is 5.69 Å². The molecule has 3 aromatic carbocycles. The van der Waals surface area contributed by atoms with Crippen LogP contribution >= 0.6 is 11.6 Å². The molecular weight excluding hydrogens is 493 g/mol. The molecule has 0 unspecified atom stereocenters. The molecule has 2 N–H and O–H groups in total. The third-order valence-corrected chi connectivity index (χ3v) is 5.53. The Bertz CT molecular complexity index is 1490. The predicted octanol–water partition coefficient (Wildman–Crippen LogP) is 6.21. The SMILES string of the molecule is CC(=NNC(=O)c1cc(-c2ccccc2)nc2c(Cl)cccc12)c1cccc(NC(=O)C(F)(F)F)c1. The van der Waals surface area contributed by atoms with Crippen LogP contribution in [-0.4, -0.2) is 28.7 Å². The minimum absolute atomic E-state index is 0.0574. The topological polar surface area (TPSA) is 83.4 Å². The van der Waals surface area contributed by atoms with Gasteiger partial charge < -0.3 is 5.32 Å². The van der Waals surface area contributed by atoms with Gasteiger partial charge in [0.25, 0.3) is 5.91 Å². The van der Waals surface area contributed by atoms with E-state index in [2.05, 4.69) is 15.5 Å². The number of aromatic nitrogens is 1. The van der Waals surface area contributed by atoms with Crippen LogP contribution in [0.15, 0.2) is 84.0 Å². The zero-order valence-corrected chi connectivity index (χ0v) is 19.5. The zero-order valence-electron chi connectivity index (χ0n) is 18.7. The van der Waals surface area contributed by atoms with Crippen LogP contribution in [0.3, 0.4) is 0 Å². The van der Waals surface area contributed by atoms with Gasteiger partial charge in [-0.05, 0) is 36.8 Å². The van der Waals surface area contributed by atoms with Crippen LogP contribution in [0.5, 0.6) is 0 Å². The normalized spacial score (nSPS) is 11.9. The average molecular weight is 511 g/mol. The molecule has 0 aliphatic rings. The van der Waals surface area contributed by atoms with Crippen LogP contribution in [-0.2, 0) is 4.79 Å². The van der Waals surface area contributed by atoms with Crippen LogP contribution < -0.4 is 10.7 Å². The van der Waals surface area contributed by atoms with Gasteiger partial charge >= 0.3 is 12.1 Å². The van der Waals surface area contributed by atoms with Gasteiger partial charge in [-0.25, -0.2) is 10.4 Å². The Balaban J connectivity index is 1.63. The molecule has 1 aromatic heterocycles. The van der Waals surface area contributed by atoms with Crippen molar-refractivity contribution in [3.63, 3.8) is 0 Å². The molecule has 0 fully saturated rings. The van der Waals surface area contributed by atoms with Crippen LogP contribution in [0.4, 0.5) is 18.9 Å². The molecule has 0 bridgehead atoms. The average Bonchev–Trinajstić information content (AvgIpc) is 2.87. The van der Waals surface area contributed by atoms with Crippen molar-refractivity contribution in [1.29, 1.82) is 0 Å². The van der Waals surface area contributed by atoms with E-state index in [1.54, 1.807) is 42.6 Å². The molecular formula is C26H18ClF3N4O2. The smallest absolute Gasteiger partial charge is 0.318 e. The quantitative estimate of drug-likeness (QED) is 0.247. The van der Waals surface area contributed by atoms with Crippen LogP contribution in [0.2, 0.25) is 5.02 Å². The molecule has 0 saturated heterocycles. The van der Waals surface area contributed by atoms with Gasteiger partial charge in [0.05, 0.1) is 27.5 Å². The number of amides is 2. The van der Waals surface area contributed by atoms with E-state index in [4.69, 9.17) is 11.6 Å². The Morgan fingerprint density at radius 3 is 2.39 bits per heavy atom. The summed E-state index contributed by atoms with van der Waals surface area (Å²) in [6, 6.07) is 21.7. The molecule has 0 aliphatic carbocycles. The van der Waals surface area contributed by atoms with E-state index < -0.39 is 18.0 Å². The molecule has 2 amide bonds. The number of hydrazone groups is 1. The highest BCUT2D eigenvalue weighted by atomic mass is 35.5. The third-order valence-electron chi connectivity index (χ3n) is 5.23. The van der Waals surface area contributed by atoms with Gasteiger partial charge in [-0.15, -0.1) is 0 Å². The lowest BCUT2D eigenvalue weighted by molar-refractivity contribution is -0.167. The highest BCUT2D eigenvalue weighted by molar-refractivity contribution is 6.35. The van der Waals surface area contributed by atoms with Gasteiger partial charge in [-0.1, -0.05) is 66.2 Å². The summed E-state index contributed by atoms with van der Waals surface area (Å²) in [7, 11) is 0. The molecule has 36 heavy (non-hydrogen) atoms. The fraction of sp³-hybridized carbons (Fsp3) is 0.0769. The Morgan fingerprint density at radius 1 is 0.944 bits per heavy atom. The van der Waals surface area contributed by atoms with E-state index in [0.29, 0.717) is 38.5 Å². The molecule has 0 saturated carbocycles. The van der Waals surface area contributed by atoms with Crippen molar-refractivity contribution in [2.45, 2.75) is 13.1 Å². The summed E-state index contributed by atoms with van der Waals surface area (Å²) in [4.78, 5) is 29.0. The number of halogens is 4. The number of alkyl halides is 3. The van der Waals surface area contributed by atoms with Crippen LogP contribution in [0.25, 0.3) is 22.2 Å². The first kappa shape index (κ1) is 24.9. The summed E-state index contributed by atoms with van der Waals surface area (Å²) in [6.45, 7) is 1.57. The summed E-state index contributed by atoms with van der Waals surface area (Å²) >= 11 is 6.36. The monoisotopic (exact) mass is 510 g/mol. The lowest BCUT2D eigenvalue weighted by Gasteiger charge is -2.11. The Labute approximate surface area is 208 Å². The lowest BCUT2D eigenvalue weighted by atomic mass is 10.0. The van der Waals surface area contributed by atoms with Crippen molar-refractivity contribution in [1.82, 2.24) is 10.4 Å². The molecule has 182 valence electrons. The summed E-state index contributed by atoms with van der Waals surface area (Å²) < 4.78 is 37.6. The molecule has 6 nitrogen and oxygen atoms in total. The number of hydrogen-bond acceptors (Lipinski definition) is 4. The first-order valence-electron chi connectivity index (χ1n) is 10.6. The minimum atomic E-state index is -5.01. The number of carbonyl (C=O) groups is 2. The Kier molecular flexibility index (Phi) is 7.03. The van der Waals surface area contributed by atoms with Crippen molar-refractivity contribution in [2.75, 3.05) is 5.32 Å². The van der Waals surface area contributed by atoms with E-state index in [1.165, 1.54) is 18.2 Å². The first-order valence-corrected chi connectivity index (χ1v) is 11.0. The van der Waals surface area contributed by atoms with Crippen molar-refractivity contribution >= 4 is 45.7 Å². The summed E-state index contributed by atoms with van der Waals surface area (Å²) in [5.74, 6) is -2.61. The fourth-order valence-electron chi connectivity index (χ4n) is 3.44. The van der Waals surface area contributed by atoms with Crippen molar-refractivity contribution in [3.8, 4) is 11.3 Å². The van der Waals surface area contributed by atoms with E-state index in [9.17, 15) is 22.8 Å². The number of fused-ring (bicyclic) bond motifs is 1.